The Hall–Kier alpha value is -2.64. The minimum Gasteiger partial charge on any atom is -0.459 e. The molecule has 3 aromatic rings. The lowest BCUT2D eigenvalue weighted by atomic mass is 10.2. The third-order valence-corrected chi connectivity index (χ3v) is 4.60. The van der Waals surface area contributed by atoms with Crippen LogP contribution in [0, 0.1) is 0 Å². The highest BCUT2D eigenvalue weighted by molar-refractivity contribution is 7.14. The molecule has 0 radical (unpaired) electrons. The molecular formula is C18H16ClN3O3S. The molecule has 0 spiro atoms. The topological polar surface area (TPSA) is 84.2 Å². The van der Waals surface area contributed by atoms with Gasteiger partial charge in [-0.2, -0.15) is 0 Å². The van der Waals surface area contributed by atoms with Crippen molar-refractivity contribution in [3.8, 4) is 11.3 Å². The third-order valence-electron chi connectivity index (χ3n) is 3.51. The van der Waals surface area contributed by atoms with Gasteiger partial charge in [0.2, 0.25) is 5.91 Å². The normalized spacial score (nSPS) is 10.5. The van der Waals surface area contributed by atoms with E-state index in [2.05, 4.69) is 15.6 Å². The standard InChI is InChI=1S/C18H16ClN3O3S/c19-13-6-2-1-5-12(13)14-11-26-18(21-14)22-16(23)8-3-9-20-17(24)15-7-4-10-25-15/h1-2,4-7,10-11H,3,8-9H2,(H,20,24)(H,21,22,23). The number of thiazole rings is 1. The van der Waals surface area contributed by atoms with E-state index in [0.717, 1.165) is 11.3 Å². The zero-order valence-electron chi connectivity index (χ0n) is 13.7. The van der Waals surface area contributed by atoms with Gasteiger partial charge in [-0.1, -0.05) is 29.8 Å². The minimum absolute atomic E-state index is 0.155. The number of anilines is 1. The number of benzene rings is 1. The van der Waals surface area contributed by atoms with Crippen LogP contribution in [0.25, 0.3) is 11.3 Å². The van der Waals surface area contributed by atoms with Crippen LogP contribution >= 0.6 is 22.9 Å². The van der Waals surface area contributed by atoms with Crippen LogP contribution in [0.3, 0.4) is 0 Å². The molecule has 8 heteroatoms. The Balaban J connectivity index is 1.44. The van der Waals surface area contributed by atoms with E-state index in [9.17, 15) is 9.59 Å². The third kappa shape index (κ3) is 4.71. The smallest absolute Gasteiger partial charge is 0.286 e. The van der Waals surface area contributed by atoms with Gasteiger partial charge in [-0.3, -0.25) is 9.59 Å². The first-order chi connectivity index (χ1) is 12.6. The van der Waals surface area contributed by atoms with E-state index >= 15 is 0 Å². The molecule has 0 aliphatic carbocycles. The highest BCUT2D eigenvalue weighted by atomic mass is 35.5. The lowest BCUT2D eigenvalue weighted by Crippen LogP contribution is -2.25. The Morgan fingerprint density at radius 3 is 2.81 bits per heavy atom. The van der Waals surface area contributed by atoms with Gasteiger partial charge in [0.1, 0.15) is 0 Å². The number of carbonyl (C=O) groups is 2. The van der Waals surface area contributed by atoms with Gasteiger partial charge >= 0.3 is 0 Å². The first-order valence-corrected chi connectivity index (χ1v) is 9.21. The van der Waals surface area contributed by atoms with E-state index in [1.165, 1.54) is 17.6 Å². The summed E-state index contributed by atoms with van der Waals surface area (Å²) in [5, 5.41) is 8.44. The molecule has 0 aliphatic rings. The number of nitrogens with one attached hydrogen (secondary N) is 2. The maximum Gasteiger partial charge on any atom is 0.286 e. The Morgan fingerprint density at radius 2 is 2.04 bits per heavy atom. The van der Waals surface area contributed by atoms with Crippen molar-refractivity contribution in [1.82, 2.24) is 10.3 Å². The zero-order valence-corrected chi connectivity index (χ0v) is 15.3. The molecule has 2 N–H and O–H groups in total. The van der Waals surface area contributed by atoms with E-state index in [1.54, 1.807) is 18.2 Å². The summed E-state index contributed by atoms with van der Waals surface area (Å²) in [6.07, 6.45) is 2.23. The van der Waals surface area contributed by atoms with Gasteiger partial charge in [-0.05, 0) is 24.6 Å². The van der Waals surface area contributed by atoms with E-state index in [1.807, 2.05) is 23.6 Å². The number of nitrogens with zero attached hydrogens (tertiary/aromatic N) is 1. The first kappa shape index (κ1) is 18.2. The summed E-state index contributed by atoms with van der Waals surface area (Å²) in [6.45, 7) is 0.385. The predicted octanol–water partition coefficient (Wildman–Crippen LogP) is 4.21. The monoisotopic (exact) mass is 389 g/mol. The number of carbonyl (C=O) groups excluding carboxylic acids is 2. The fraction of sp³-hybridized carbons (Fsp3) is 0.167. The summed E-state index contributed by atoms with van der Waals surface area (Å²) < 4.78 is 4.99. The van der Waals surface area contributed by atoms with Crippen LogP contribution in [0.5, 0.6) is 0 Å². The Kier molecular flexibility index (Phi) is 6.04. The molecule has 6 nitrogen and oxygen atoms in total. The number of furan rings is 1. The molecule has 0 bridgehead atoms. The minimum atomic E-state index is -0.292. The second kappa shape index (κ2) is 8.64. The van der Waals surface area contributed by atoms with Crippen molar-refractivity contribution in [2.24, 2.45) is 0 Å². The first-order valence-electron chi connectivity index (χ1n) is 7.95. The van der Waals surface area contributed by atoms with Crippen LogP contribution in [0.15, 0.2) is 52.5 Å². The lowest BCUT2D eigenvalue weighted by Gasteiger charge is -2.04. The molecule has 2 amide bonds. The quantitative estimate of drug-likeness (QED) is 0.593. The molecule has 0 fully saturated rings. The van der Waals surface area contributed by atoms with E-state index in [0.29, 0.717) is 23.1 Å². The fourth-order valence-corrected chi connectivity index (χ4v) is 3.21. The number of amides is 2. The lowest BCUT2D eigenvalue weighted by molar-refractivity contribution is -0.116. The van der Waals surface area contributed by atoms with Crippen molar-refractivity contribution >= 4 is 39.9 Å². The molecular weight excluding hydrogens is 374 g/mol. The molecule has 0 atom stereocenters. The number of halogens is 1. The van der Waals surface area contributed by atoms with E-state index in [-0.39, 0.29) is 24.0 Å². The van der Waals surface area contributed by atoms with Gasteiger partial charge in [-0.25, -0.2) is 4.98 Å². The van der Waals surface area contributed by atoms with Gasteiger partial charge in [-0.15, -0.1) is 11.3 Å². The van der Waals surface area contributed by atoms with Gasteiger partial charge in [0.25, 0.3) is 5.91 Å². The maximum absolute atomic E-state index is 12.0. The second-order valence-electron chi connectivity index (χ2n) is 5.40. The second-order valence-corrected chi connectivity index (χ2v) is 6.67. The van der Waals surface area contributed by atoms with Gasteiger partial charge in [0, 0.05) is 28.9 Å². The molecule has 0 unspecified atom stereocenters. The van der Waals surface area contributed by atoms with Crippen molar-refractivity contribution in [1.29, 1.82) is 0 Å². The van der Waals surface area contributed by atoms with Crippen molar-refractivity contribution < 1.29 is 14.0 Å². The fourth-order valence-electron chi connectivity index (χ4n) is 2.25. The van der Waals surface area contributed by atoms with Crippen LogP contribution in [-0.2, 0) is 4.79 Å². The summed E-state index contributed by atoms with van der Waals surface area (Å²) >= 11 is 7.50. The highest BCUT2D eigenvalue weighted by Gasteiger charge is 2.11. The Labute approximate surface area is 159 Å². The molecule has 2 heterocycles. The summed E-state index contributed by atoms with van der Waals surface area (Å²) in [5.74, 6) is -0.193. The number of hydrogen-bond acceptors (Lipinski definition) is 5. The molecule has 0 saturated carbocycles. The molecule has 26 heavy (non-hydrogen) atoms. The highest BCUT2D eigenvalue weighted by Crippen LogP contribution is 2.30. The van der Waals surface area contributed by atoms with Crippen molar-refractivity contribution in [2.75, 3.05) is 11.9 Å². The van der Waals surface area contributed by atoms with E-state index < -0.39 is 0 Å². The molecule has 1 aromatic carbocycles. The van der Waals surface area contributed by atoms with Crippen LogP contribution in [0.1, 0.15) is 23.4 Å². The van der Waals surface area contributed by atoms with Crippen LogP contribution in [0.4, 0.5) is 5.13 Å². The SMILES string of the molecule is O=C(CCCNC(=O)c1ccco1)Nc1nc(-c2ccccc2Cl)cs1. The summed E-state index contributed by atoms with van der Waals surface area (Å²) in [4.78, 5) is 28.1. The van der Waals surface area contributed by atoms with Crippen molar-refractivity contribution in [3.05, 3.63) is 58.8 Å². The molecule has 0 saturated heterocycles. The van der Waals surface area contributed by atoms with Gasteiger partial charge in [0.05, 0.1) is 12.0 Å². The summed E-state index contributed by atoms with van der Waals surface area (Å²) in [5.41, 5.74) is 1.55. The predicted molar refractivity (Wildman–Crippen MR) is 101 cm³/mol. The van der Waals surface area contributed by atoms with Crippen LogP contribution in [-0.4, -0.2) is 23.3 Å². The molecule has 134 valence electrons. The molecule has 0 aliphatic heterocycles. The number of aromatic nitrogens is 1. The van der Waals surface area contributed by atoms with Crippen LogP contribution < -0.4 is 10.6 Å². The van der Waals surface area contributed by atoms with Crippen LogP contribution in [0.2, 0.25) is 5.02 Å². The maximum atomic E-state index is 12.0. The summed E-state index contributed by atoms with van der Waals surface area (Å²) in [6, 6.07) is 10.6. The molecule has 3 rings (SSSR count). The Bertz CT molecular complexity index is 893. The zero-order chi connectivity index (χ0) is 18.4. The Morgan fingerprint density at radius 1 is 1.19 bits per heavy atom. The largest absolute Gasteiger partial charge is 0.459 e. The van der Waals surface area contributed by atoms with Crippen molar-refractivity contribution in [2.45, 2.75) is 12.8 Å². The summed E-state index contributed by atoms with van der Waals surface area (Å²) in [7, 11) is 0. The number of hydrogen-bond donors (Lipinski definition) is 2. The average molecular weight is 390 g/mol. The van der Waals surface area contributed by atoms with Gasteiger partial charge < -0.3 is 15.1 Å². The van der Waals surface area contributed by atoms with E-state index in [4.69, 9.17) is 16.0 Å². The molecule has 2 aromatic heterocycles. The van der Waals surface area contributed by atoms with Gasteiger partial charge in [0.15, 0.2) is 10.9 Å². The van der Waals surface area contributed by atoms with Crippen molar-refractivity contribution in [3.63, 3.8) is 0 Å². The average Bonchev–Trinajstić information content (AvgIpc) is 3.31. The number of rotatable bonds is 7.